The lowest BCUT2D eigenvalue weighted by atomic mass is 10.1. The van der Waals surface area contributed by atoms with Crippen molar-refractivity contribution in [3.63, 3.8) is 0 Å². The largest absolute Gasteiger partial charge is 0.395 e. The lowest BCUT2D eigenvalue weighted by Gasteiger charge is -2.35. The molecule has 0 amide bonds. The van der Waals surface area contributed by atoms with E-state index in [0.717, 1.165) is 23.9 Å². The topological polar surface area (TPSA) is 143 Å². The molecule has 0 aliphatic carbocycles. The number of aromatic nitrogens is 5. The zero-order valence-corrected chi connectivity index (χ0v) is 19.4. The van der Waals surface area contributed by atoms with Crippen LogP contribution in [-0.2, 0) is 0 Å². The number of hydrogen-bond acceptors (Lipinski definition) is 9. The summed E-state index contributed by atoms with van der Waals surface area (Å²) in [6.45, 7) is 3.76. The maximum Gasteiger partial charge on any atom is 0.271 e. The summed E-state index contributed by atoms with van der Waals surface area (Å²) >= 11 is 0. The van der Waals surface area contributed by atoms with Crippen molar-refractivity contribution in [2.45, 2.75) is 0 Å². The monoisotopic (exact) mass is 484 g/mol. The van der Waals surface area contributed by atoms with Gasteiger partial charge >= 0.3 is 0 Å². The van der Waals surface area contributed by atoms with E-state index in [4.69, 9.17) is 5.11 Å². The van der Waals surface area contributed by atoms with E-state index in [1.54, 1.807) is 24.7 Å². The average molecular weight is 485 g/mol. The molecule has 1 aliphatic heterocycles. The second kappa shape index (κ2) is 10.4. The molecule has 0 spiro atoms. The van der Waals surface area contributed by atoms with Gasteiger partial charge in [0.2, 0.25) is 0 Å². The third-order valence-corrected chi connectivity index (χ3v) is 5.92. The molecule has 0 unspecified atom stereocenters. The normalized spacial score (nSPS) is 13.9. The Labute approximate surface area is 205 Å². The van der Waals surface area contributed by atoms with Crippen molar-refractivity contribution in [1.29, 1.82) is 0 Å². The van der Waals surface area contributed by atoms with Crippen LogP contribution in [0.2, 0.25) is 0 Å². The molecule has 11 nitrogen and oxygen atoms in total. The van der Waals surface area contributed by atoms with E-state index in [1.807, 2.05) is 23.1 Å². The van der Waals surface area contributed by atoms with Gasteiger partial charge in [-0.2, -0.15) is 5.10 Å². The molecular formula is C25H24N8O3. The first-order valence-electron chi connectivity index (χ1n) is 11.5. The van der Waals surface area contributed by atoms with Crippen molar-refractivity contribution >= 4 is 28.0 Å². The Morgan fingerprint density at radius 2 is 1.92 bits per heavy atom. The molecule has 5 heterocycles. The van der Waals surface area contributed by atoms with Gasteiger partial charge in [-0.25, -0.2) is 15.1 Å². The highest BCUT2D eigenvalue weighted by atomic mass is 16.3. The predicted octanol–water partition coefficient (Wildman–Crippen LogP) is 0.659. The Kier molecular flexibility index (Phi) is 6.70. The van der Waals surface area contributed by atoms with Crippen molar-refractivity contribution in [2.75, 3.05) is 49.5 Å². The van der Waals surface area contributed by atoms with E-state index in [9.17, 15) is 9.59 Å². The van der Waals surface area contributed by atoms with E-state index in [1.165, 1.54) is 6.07 Å². The third kappa shape index (κ3) is 5.25. The molecule has 0 bridgehead atoms. The number of nitrogens with zero attached hydrogens (tertiary/aromatic N) is 5. The number of β-amino-alcohol motifs (C(OH)–C–C–N with tert-alkyl or cyclic N) is 1. The van der Waals surface area contributed by atoms with E-state index in [2.05, 4.69) is 47.2 Å². The summed E-state index contributed by atoms with van der Waals surface area (Å²) in [5.74, 6) is 6.50. The fourth-order valence-corrected chi connectivity index (χ4v) is 4.05. The van der Waals surface area contributed by atoms with Gasteiger partial charge < -0.3 is 20.3 Å². The summed E-state index contributed by atoms with van der Waals surface area (Å²) in [7, 11) is 0. The molecule has 0 aromatic carbocycles. The summed E-state index contributed by atoms with van der Waals surface area (Å²) in [5.41, 5.74) is 1.82. The van der Waals surface area contributed by atoms with Gasteiger partial charge in [-0.05, 0) is 36.1 Å². The molecule has 1 fully saturated rings. The molecule has 1 aliphatic rings. The molecule has 5 rings (SSSR count). The fraction of sp³-hybridized carbons (Fsp3) is 0.240. The number of hydrogen-bond donors (Lipinski definition) is 4. The van der Waals surface area contributed by atoms with Crippen molar-refractivity contribution in [1.82, 2.24) is 30.0 Å². The summed E-state index contributed by atoms with van der Waals surface area (Å²) < 4.78 is 0. The lowest BCUT2D eigenvalue weighted by Crippen LogP contribution is -2.48. The first-order valence-corrected chi connectivity index (χ1v) is 11.5. The van der Waals surface area contributed by atoms with Crippen LogP contribution in [0.15, 0.2) is 58.5 Å². The lowest BCUT2D eigenvalue weighted by molar-refractivity contribution is 0.188. The first kappa shape index (κ1) is 23.2. The molecule has 0 atom stereocenters. The number of aromatic amines is 2. The second-order valence-electron chi connectivity index (χ2n) is 8.29. The number of rotatable bonds is 5. The summed E-state index contributed by atoms with van der Waals surface area (Å²) in [5, 5.41) is 20.3. The van der Waals surface area contributed by atoms with Gasteiger partial charge in [-0.15, -0.1) is 0 Å². The minimum atomic E-state index is -0.292. The van der Waals surface area contributed by atoms with Crippen LogP contribution >= 0.6 is 0 Å². The second-order valence-corrected chi connectivity index (χ2v) is 8.29. The Bertz CT molecular complexity index is 1540. The highest BCUT2D eigenvalue weighted by molar-refractivity contribution is 5.88. The van der Waals surface area contributed by atoms with E-state index < -0.39 is 0 Å². The maximum atomic E-state index is 12.5. The van der Waals surface area contributed by atoms with Gasteiger partial charge in [-0.3, -0.25) is 14.5 Å². The third-order valence-electron chi connectivity index (χ3n) is 5.92. The van der Waals surface area contributed by atoms with Crippen LogP contribution in [0, 0.1) is 11.8 Å². The molecule has 11 heteroatoms. The van der Waals surface area contributed by atoms with Gasteiger partial charge in [0.05, 0.1) is 12.3 Å². The van der Waals surface area contributed by atoms with E-state index >= 15 is 0 Å². The standard InChI is InChI=1S/C25H24N8O3/c34-12-11-32-7-9-33(10-8-32)22-13-19(16-28-25(22)36)29-23-14-20-17(15-27-23)5-6-26-21(20)3-1-18-2-4-24(35)31-30-18/h2,4-6,13-16,34H,7-12H2,(H,27,29)(H,28,36)(H,31,35). The number of pyridine rings is 3. The fourth-order valence-electron chi connectivity index (χ4n) is 4.05. The van der Waals surface area contributed by atoms with Crippen LogP contribution in [0.25, 0.3) is 10.8 Å². The van der Waals surface area contributed by atoms with Crippen LogP contribution in [-0.4, -0.2) is 74.5 Å². The molecule has 4 aromatic heterocycles. The molecule has 182 valence electrons. The Hall–Kier alpha value is -4.53. The van der Waals surface area contributed by atoms with Crippen molar-refractivity contribution < 1.29 is 5.11 Å². The summed E-state index contributed by atoms with van der Waals surface area (Å²) in [6, 6.07) is 8.44. The molecule has 4 N–H and O–H groups in total. The van der Waals surface area contributed by atoms with E-state index in [-0.39, 0.29) is 17.7 Å². The number of H-pyrrole nitrogens is 2. The highest BCUT2D eigenvalue weighted by Crippen LogP contribution is 2.23. The Morgan fingerprint density at radius 3 is 2.69 bits per heavy atom. The minimum absolute atomic E-state index is 0.131. The van der Waals surface area contributed by atoms with Crippen LogP contribution in [0.1, 0.15) is 11.4 Å². The van der Waals surface area contributed by atoms with Crippen LogP contribution in [0.3, 0.4) is 0 Å². The molecular weight excluding hydrogens is 460 g/mol. The smallest absolute Gasteiger partial charge is 0.271 e. The van der Waals surface area contributed by atoms with Gasteiger partial charge in [0.15, 0.2) is 0 Å². The number of nitrogens with one attached hydrogen (secondary N) is 3. The van der Waals surface area contributed by atoms with Crippen molar-refractivity contribution in [3.05, 3.63) is 81.0 Å². The minimum Gasteiger partial charge on any atom is -0.395 e. The van der Waals surface area contributed by atoms with Gasteiger partial charge in [0.25, 0.3) is 11.1 Å². The van der Waals surface area contributed by atoms with Crippen LogP contribution in [0.4, 0.5) is 17.2 Å². The van der Waals surface area contributed by atoms with Crippen molar-refractivity contribution in [3.8, 4) is 11.8 Å². The Balaban J connectivity index is 1.39. The summed E-state index contributed by atoms with van der Waals surface area (Å²) in [4.78, 5) is 39.6. The van der Waals surface area contributed by atoms with Crippen LogP contribution < -0.4 is 21.3 Å². The van der Waals surface area contributed by atoms with Gasteiger partial charge in [-0.1, -0.05) is 0 Å². The van der Waals surface area contributed by atoms with Gasteiger partial charge in [0, 0.05) is 68.2 Å². The molecule has 0 saturated carbocycles. The highest BCUT2D eigenvalue weighted by Gasteiger charge is 2.19. The zero-order valence-electron chi connectivity index (χ0n) is 19.4. The number of aliphatic hydroxyl groups is 1. The number of piperazine rings is 1. The molecule has 4 aromatic rings. The quantitative estimate of drug-likeness (QED) is 0.300. The zero-order chi connectivity index (χ0) is 24.9. The first-order chi connectivity index (χ1) is 17.6. The SMILES string of the molecule is O=c1ccc(C#Cc2nccc3cnc(Nc4c[nH]c(=O)c(N5CCN(CCO)CC5)c4)cc23)n[nH]1. The van der Waals surface area contributed by atoms with E-state index in [0.29, 0.717) is 48.2 Å². The number of aliphatic hydroxyl groups excluding tert-OH is 1. The van der Waals surface area contributed by atoms with Gasteiger partial charge in [0.1, 0.15) is 22.9 Å². The Morgan fingerprint density at radius 1 is 1.06 bits per heavy atom. The number of fused-ring (bicyclic) bond motifs is 1. The maximum absolute atomic E-state index is 12.5. The summed E-state index contributed by atoms with van der Waals surface area (Å²) in [6.07, 6.45) is 5.01. The molecule has 36 heavy (non-hydrogen) atoms. The molecule has 0 radical (unpaired) electrons. The van der Waals surface area contributed by atoms with Crippen LogP contribution in [0.5, 0.6) is 0 Å². The number of anilines is 3. The van der Waals surface area contributed by atoms with Crippen molar-refractivity contribution in [2.24, 2.45) is 0 Å². The predicted molar refractivity (Wildman–Crippen MR) is 136 cm³/mol. The average Bonchev–Trinajstić information content (AvgIpc) is 2.90. The molecule has 1 saturated heterocycles.